The van der Waals surface area contributed by atoms with Gasteiger partial charge in [-0.1, -0.05) is 6.92 Å². The van der Waals surface area contributed by atoms with Crippen LogP contribution in [0.15, 0.2) is 0 Å². The normalized spacial score (nSPS) is 12.7. The minimum absolute atomic E-state index is 0.159. The van der Waals surface area contributed by atoms with E-state index >= 15 is 0 Å². The molecule has 0 saturated heterocycles. The minimum Gasteiger partial charge on any atom is -0.376 e. The molecule has 0 aliphatic carbocycles. The second-order valence-corrected chi connectivity index (χ2v) is 2.35. The fourth-order valence-corrected chi connectivity index (χ4v) is 0.459. The molecule has 54 valence electrons. The number of thiocarbonyl (C=S) groups is 1. The third-order valence-electron chi connectivity index (χ3n) is 1.06. The van der Waals surface area contributed by atoms with Crippen molar-refractivity contribution >= 4 is 17.3 Å². The standard InChI is InChI=1S/C5H13N3S/c1-2-4(6)3-8-5(7)9/h4H,2-3,6H2,1H3,(H3,7,8,9). The third kappa shape index (κ3) is 5.52. The van der Waals surface area contributed by atoms with Crippen molar-refractivity contribution in [1.29, 1.82) is 0 Å². The topological polar surface area (TPSA) is 64.1 Å². The van der Waals surface area contributed by atoms with Crippen LogP contribution in [0.5, 0.6) is 0 Å². The van der Waals surface area contributed by atoms with Gasteiger partial charge in [0.1, 0.15) is 0 Å². The molecule has 0 fully saturated rings. The van der Waals surface area contributed by atoms with Gasteiger partial charge in [-0.2, -0.15) is 0 Å². The lowest BCUT2D eigenvalue weighted by Crippen LogP contribution is -2.39. The Bertz CT molecular complexity index is 94.2. The molecule has 9 heavy (non-hydrogen) atoms. The van der Waals surface area contributed by atoms with Gasteiger partial charge in [0, 0.05) is 12.6 Å². The Kier molecular flexibility index (Phi) is 4.35. The maximum atomic E-state index is 5.54. The molecule has 0 saturated carbocycles. The number of hydrogen-bond acceptors (Lipinski definition) is 2. The molecule has 0 aliphatic heterocycles. The summed E-state index contributed by atoms with van der Waals surface area (Å²) in [5.74, 6) is 0. The lowest BCUT2D eigenvalue weighted by molar-refractivity contribution is 0.629. The van der Waals surface area contributed by atoms with Gasteiger partial charge in [0.2, 0.25) is 0 Å². The fraction of sp³-hybridized carbons (Fsp3) is 0.800. The Morgan fingerprint density at radius 3 is 2.67 bits per heavy atom. The zero-order valence-electron chi connectivity index (χ0n) is 5.55. The predicted octanol–water partition coefficient (Wildman–Crippen LogP) is -0.443. The number of nitrogens with two attached hydrogens (primary N) is 2. The van der Waals surface area contributed by atoms with Gasteiger partial charge < -0.3 is 16.8 Å². The molecule has 0 spiro atoms. The molecule has 1 atom stereocenters. The van der Waals surface area contributed by atoms with E-state index in [0.717, 1.165) is 6.42 Å². The summed E-state index contributed by atoms with van der Waals surface area (Å²) >= 11 is 4.57. The van der Waals surface area contributed by atoms with Crippen molar-refractivity contribution in [3.05, 3.63) is 0 Å². The minimum atomic E-state index is 0.159. The molecule has 5 N–H and O–H groups in total. The number of rotatable bonds is 3. The molecule has 1 unspecified atom stereocenters. The van der Waals surface area contributed by atoms with Crippen molar-refractivity contribution in [1.82, 2.24) is 5.32 Å². The van der Waals surface area contributed by atoms with Gasteiger partial charge in [-0.25, -0.2) is 0 Å². The lowest BCUT2D eigenvalue weighted by atomic mass is 10.2. The molecular weight excluding hydrogens is 134 g/mol. The van der Waals surface area contributed by atoms with Crippen LogP contribution < -0.4 is 16.8 Å². The number of hydrogen-bond donors (Lipinski definition) is 3. The zero-order chi connectivity index (χ0) is 7.28. The van der Waals surface area contributed by atoms with Crippen LogP contribution >= 0.6 is 12.2 Å². The van der Waals surface area contributed by atoms with Crippen LogP contribution in [0.1, 0.15) is 13.3 Å². The molecule has 0 aromatic rings. The summed E-state index contributed by atoms with van der Waals surface area (Å²) in [6.45, 7) is 2.69. The van der Waals surface area contributed by atoms with E-state index in [2.05, 4.69) is 17.5 Å². The molecule has 0 aromatic carbocycles. The van der Waals surface area contributed by atoms with E-state index in [1.807, 2.05) is 6.92 Å². The summed E-state index contributed by atoms with van der Waals surface area (Å²) in [7, 11) is 0. The summed E-state index contributed by atoms with van der Waals surface area (Å²) < 4.78 is 0. The monoisotopic (exact) mass is 147 g/mol. The Morgan fingerprint density at radius 2 is 2.33 bits per heavy atom. The second-order valence-electron chi connectivity index (χ2n) is 1.91. The molecule has 0 amide bonds. The first kappa shape index (κ1) is 8.65. The Hall–Kier alpha value is -0.350. The summed E-state index contributed by atoms with van der Waals surface area (Å²) in [5, 5.41) is 3.10. The zero-order valence-corrected chi connectivity index (χ0v) is 6.37. The largest absolute Gasteiger partial charge is 0.376 e. The van der Waals surface area contributed by atoms with Crippen molar-refractivity contribution in [2.45, 2.75) is 19.4 Å². The van der Waals surface area contributed by atoms with Crippen LogP contribution in [0.3, 0.4) is 0 Å². The van der Waals surface area contributed by atoms with E-state index in [0.29, 0.717) is 11.7 Å². The van der Waals surface area contributed by atoms with E-state index in [9.17, 15) is 0 Å². The molecule has 4 heteroatoms. The molecular formula is C5H13N3S. The summed E-state index contributed by atoms with van der Waals surface area (Å²) in [6.07, 6.45) is 0.940. The van der Waals surface area contributed by atoms with Crippen molar-refractivity contribution in [3.63, 3.8) is 0 Å². The van der Waals surface area contributed by atoms with E-state index < -0.39 is 0 Å². The van der Waals surface area contributed by atoms with Gasteiger partial charge in [-0.05, 0) is 18.6 Å². The molecule has 0 rings (SSSR count). The third-order valence-corrected chi connectivity index (χ3v) is 1.21. The highest BCUT2D eigenvalue weighted by Gasteiger charge is 1.96. The van der Waals surface area contributed by atoms with E-state index in [4.69, 9.17) is 11.5 Å². The smallest absolute Gasteiger partial charge is 0.163 e. The Balaban J connectivity index is 3.16. The maximum Gasteiger partial charge on any atom is 0.163 e. The SMILES string of the molecule is CCC(N)CNC(N)=S. The Labute approximate surface area is 60.8 Å². The highest BCUT2D eigenvalue weighted by Crippen LogP contribution is 1.80. The van der Waals surface area contributed by atoms with Gasteiger partial charge in [-0.15, -0.1) is 0 Å². The first-order valence-corrected chi connectivity index (χ1v) is 3.36. The van der Waals surface area contributed by atoms with Gasteiger partial charge in [0.25, 0.3) is 0 Å². The summed E-state index contributed by atoms with van der Waals surface area (Å²) in [5.41, 5.74) is 10.7. The highest BCUT2D eigenvalue weighted by molar-refractivity contribution is 7.80. The molecule has 3 nitrogen and oxygen atoms in total. The molecule has 0 bridgehead atoms. The molecule has 0 aromatic heterocycles. The average molecular weight is 147 g/mol. The van der Waals surface area contributed by atoms with Gasteiger partial charge >= 0.3 is 0 Å². The van der Waals surface area contributed by atoms with Crippen LogP contribution in [-0.2, 0) is 0 Å². The van der Waals surface area contributed by atoms with E-state index in [-0.39, 0.29) is 6.04 Å². The highest BCUT2D eigenvalue weighted by atomic mass is 32.1. The average Bonchev–Trinajstić information content (AvgIpc) is 1.83. The van der Waals surface area contributed by atoms with Gasteiger partial charge in [0.15, 0.2) is 5.11 Å². The van der Waals surface area contributed by atoms with Crippen LogP contribution in [0.4, 0.5) is 0 Å². The quantitative estimate of drug-likeness (QED) is 0.473. The first-order valence-electron chi connectivity index (χ1n) is 2.95. The van der Waals surface area contributed by atoms with Crippen LogP contribution in [0.25, 0.3) is 0 Å². The van der Waals surface area contributed by atoms with Crippen molar-refractivity contribution in [2.24, 2.45) is 11.5 Å². The Morgan fingerprint density at radius 1 is 1.78 bits per heavy atom. The summed E-state index contributed by atoms with van der Waals surface area (Å²) in [4.78, 5) is 0. The van der Waals surface area contributed by atoms with Crippen molar-refractivity contribution in [2.75, 3.05) is 6.54 Å². The van der Waals surface area contributed by atoms with Crippen LogP contribution in [0, 0.1) is 0 Å². The second kappa shape index (κ2) is 4.52. The van der Waals surface area contributed by atoms with Crippen LogP contribution in [-0.4, -0.2) is 17.7 Å². The summed E-state index contributed by atoms with van der Waals surface area (Å²) in [6, 6.07) is 0.159. The van der Waals surface area contributed by atoms with Gasteiger partial charge in [0.05, 0.1) is 0 Å². The molecule has 0 heterocycles. The van der Waals surface area contributed by atoms with Crippen molar-refractivity contribution in [3.8, 4) is 0 Å². The predicted molar refractivity (Wildman–Crippen MR) is 43.1 cm³/mol. The lowest BCUT2D eigenvalue weighted by Gasteiger charge is -2.08. The molecule has 0 radical (unpaired) electrons. The van der Waals surface area contributed by atoms with E-state index in [1.165, 1.54) is 0 Å². The molecule has 0 aliphatic rings. The maximum absolute atomic E-state index is 5.54. The van der Waals surface area contributed by atoms with Crippen molar-refractivity contribution < 1.29 is 0 Å². The fourth-order valence-electron chi connectivity index (χ4n) is 0.376. The first-order chi connectivity index (χ1) is 4.16. The van der Waals surface area contributed by atoms with E-state index in [1.54, 1.807) is 0 Å². The van der Waals surface area contributed by atoms with Gasteiger partial charge in [-0.3, -0.25) is 0 Å². The number of nitrogens with one attached hydrogen (secondary N) is 1. The van der Waals surface area contributed by atoms with Crippen LogP contribution in [0.2, 0.25) is 0 Å².